The fraction of sp³-hybridized carbons (Fsp3) is 0.318. The third-order valence-corrected chi connectivity index (χ3v) is 4.70. The molecule has 0 saturated heterocycles. The molecule has 0 heterocycles. The Morgan fingerprint density at radius 2 is 1.78 bits per heavy atom. The highest BCUT2D eigenvalue weighted by atomic mass is 35.5. The molecule has 2 amide bonds. The maximum Gasteiger partial charge on any atom is 0.416 e. The van der Waals surface area contributed by atoms with Crippen LogP contribution in [-0.4, -0.2) is 30.4 Å². The minimum absolute atomic E-state index is 0.0953. The number of ether oxygens (including phenoxy) is 1. The molecule has 0 aliphatic carbocycles. The lowest BCUT2D eigenvalue weighted by atomic mass is 10.1. The smallest absolute Gasteiger partial charge is 0.416 e. The van der Waals surface area contributed by atoms with Gasteiger partial charge >= 0.3 is 12.1 Å². The molecule has 1 atom stereocenters. The molecule has 172 valence electrons. The van der Waals surface area contributed by atoms with E-state index in [0.29, 0.717) is 24.5 Å². The molecule has 2 rings (SSSR count). The number of rotatable bonds is 9. The SMILES string of the molecule is CCCCC(OC(=O)CNC(=O)c1ccccc1)C(=O)Nc1cc(C(F)(F)F)ccc1Cl. The Morgan fingerprint density at radius 3 is 2.41 bits per heavy atom. The van der Waals surface area contributed by atoms with E-state index in [2.05, 4.69) is 10.6 Å². The van der Waals surface area contributed by atoms with E-state index in [4.69, 9.17) is 16.3 Å². The molecule has 10 heteroatoms. The first kappa shape index (κ1) is 25.2. The molecule has 0 fully saturated rings. The number of carbonyl (C=O) groups is 3. The van der Waals surface area contributed by atoms with Crippen LogP contribution in [-0.2, 0) is 20.5 Å². The molecule has 32 heavy (non-hydrogen) atoms. The van der Waals surface area contributed by atoms with Crippen molar-refractivity contribution in [2.24, 2.45) is 0 Å². The highest BCUT2D eigenvalue weighted by Gasteiger charge is 2.31. The molecule has 2 aromatic carbocycles. The quantitative estimate of drug-likeness (QED) is 0.514. The van der Waals surface area contributed by atoms with E-state index in [0.717, 1.165) is 12.1 Å². The summed E-state index contributed by atoms with van der Waals surface area (Å²) in [5, 5.41) is 4.59. The van der Waals surface area contributed by atoms with Crippen LogP contribution in [0.3, 0.4) is 0 Å². The van der Waals surface area contributed by atoms with Crippen molar-refractivity contribution < 1.29 is 32.3 Å². The average Bonchev–Trinajstić information content (AvgIpc) is 2.76. The molecule has 1 unspecified atom stereocenters. The van der Waals surface area contributed by atoms with E-state index < -0.39 is 42.2 Å². The molecule has 0 aliphatic heterocycles. The van der Waals surface area contributed by atoms with E-state index in [1.807, 2.05) is 6.92 Å². The largest absolute Gasteiger partial charge is 0.451 e. The molecular weight excluding hydrogens is 449 g/mol. The van der Waals surface area contributed by atoms with Gasteiger partial charge in [-0.3, -0.25) is 14.4 Å². The van der Waals surface area contributed by atoms with Gasteiger partial charge in [0, 0.05) is 5.56 Å². The normalized spacial score (nSPS) is 12.0. The third kappa shape index (κ3) is 7.56. The van der Waals surface area contributed by atoms with Crippen LogP contribution >= 0.6 is 11.6 Å². The van der Waals surface area contributed by atoms with E-state index in [1.165, 1.54) is 0 Å². The maximum atomic E-state index is 12.9. The Bertz CT molecular complexity index is 952. The predicted molar refractivity (Wildman–Crippen MR) is 113 cm³/mol. The molecule has 2 N–H and O–H groups in total. The summed E-state index contributed by atoms with van der Waals surface area (Å²) in [5.41, 5.74) is -0.885. The second kappa shape index (κ2) is 11.5. The summed E-state index contributed by atoms with van der Waals surface area (Å²) in [6.45, 7) is 1.38. The van der Waals surface area contributed by atoms with Gasteiger partial charge in [-0.25, -0.2) is 0 Å². The van der Waals surface area contributed by atoms with Gasteiger partial charge in [0.05, 0.1) is 16.3 Å². The summed E-state index contributed by atoms with van der Waals surface area (Å²) in [7, 11) is 0. The van der Waals surface area contributed by atoms with Crippen molar-refractivity contribution in [2.75, 3.05) is 11.9 Å². The fourth-order valence-corrected chi connectivity index (χ4v) is 2.85. The van der Waals surface area contributed by atoms with Gasteiger partial charge in [-0.2, -0.15) is 13.2 Å². The molecular formula is C22H22ClF3N2O4. The summed E-state index contributed by atoms with van der Waals surface area (Å²) in [5.74, 6) is -2.17. The topological polar surface area (TPSA) is 84.5 Å². The van der Waals surface area contributed by atoms with Crippen LogP contribution in [0.15, 0.2) is 48.5 Å². The predicted octanol–water partition coefficient (Wildman–Crippen LogP) is 4.83. The number of anilines is 1. The van der Waals surface area contributed by atoms with Crippen molar-refractivity contribution in [3.05, 3.63) is 64.7 Å². The van der Waals surface area contributed by atoms with Crippen LogP contribution in [0, 0.1) is 0 Å². The van der Waals surface area contributed by atoms with Crippen LogP contribution in [0.2, 0.25) is 5.02 Å². The van der Waals surface area contributed by atoms with Crippen molar-refractivity contribution in [3.63, 3.8) is 0 Å². The second-order valence-corrected chi connectivity index (χ2v) is 7.26. The van der Waals surface area contributed by atoms with Crippen molar-refractivity contribution in [1.29, 1.82) is 0 Å². The zero-order valence-electron chi connectivity index (χ0n) is 17.2. The van der Waals surface area contributed by atoms with E-state index in [1.54, 1.807) is 30.3 Å². The number of hydrogen-bond donors (Lipinski definition) is 2. The zero-order chi connectivity index (χ0) is 23.7. The first-order chi connectivity index (χ1) is 15.1. The Balaban J connectivity index is 2.03. The van der Waals surface area contributed by atoms with Crippen LogP contribution in [0.4, 0.5) is 18.9 Å². The van der Waals surface area contributed by atoms with Crippen molar-refractivity contribution >= 4 is 35.1 Å². The first-order valence-electron chi connectivity index (χ1n) is 9.82. The first-order valence-corrected chi connectivity index (χ1v) is 10.2. The number of unbranched alkanes of at least 4 members (excludes halogenated alkanes) is 1. The summed E-state index contributed by atoms with van der Waals surface area (Å²) < 4.78 is 44.0. The van der Waals surface area contributed by atoms with Crippen LogP contribution < -0.4 is 10.6 Å². The van der Waals surface area contributed by atoms with Gasteiger partial charge in [-0.05, 0) is 43.2 Å². The lowest BCUT2D eigenvalue weighted by Gasteiger charge is -2.19. The highest BCUT2D eigenvalue weighted by molar-refractivity contribution is 6.33. The molecule has 2 aromatic rings. The highest BCUT2D eigenvalue weighted by Crippen LogP contribution is 2.34. The van der Waals surface area contributed by atoms with Crippen molar-refractivity contribution in [2.45, 2.75) is 38.5 Å². The number of carbonyl (C=O) groups excluding carboxylic acids is 3. The van der Waals surface area contributed by atoms with Gasteiger partial charge in [0.1, 0.15) is 6.54 Å². The van der Waals surface area contributed by atoms with Gasteiger partial charge in [0.2, 0.25) is 0 Å². The van der Waals surface area contributed by atoms with E-state index in [-0.39, 0.29) is 17.1 Å². The number of esters is 1. The summed E-state index contributed by atoms with van der Waals surface area (Å²) >= 11 is 5.91. The number of halogens is 4. The summed E-state index contributed by atoms with van der Waals surface area (Å²) in [4.78, 5) is 36.8. The number of nitrogens with one attached hydrogen (secondary N) is 2. The Morgan fingerprint density at radius 1 is 1.09 bits per heavy atom. The van der Waals surface area contributed by atoms with Crippen LogP contribution in [0.25, 0.3) is 0 Å². The van der Waals surface area contributed by atoms with E-state index in [9.17, 15) is 27.6 Å². The third-order valence-electron chi connectivity index (χ3n) is 4.37. The summed E-state index contributed by atoms with van der Waals surface area (Å²) in [6.07, 6.45) is -4.51. The molecule has 6 nitrogen and oxygen atoms in total. The monoisotopic (exact) mass is 470 g/mol. The molecule has 0 saturated carbocycles. The fourth-order valence-electron chi connectivity index (χ4n) is 2.69. The average molecular weight is 471 g/mol. The second-order valence-electron chi connectivity index (χ2n) is 6.85. The maximum absolute atomic E-state index is 12.9. The van der Waals surface area contributed by atoms with Crippen LogP contribution in [0.1, 0.15) is 42.1 Å². The van der Waals surface area contributed by atoms with Gasteiger partial charge in [-0.15, -0.1) is 0 Å². The van der Waals surface area contributed by atoms with Crippen LogP contribution in [0.5, 0.6) is 0 Å². The zero-order valence-corrected chi connectivity index (χ0v) is 17.9. The lowest BCUT2D eigenvalue weighted by molar-refractivity contribution is -0.153. The molecule has 0 spiro atoms. The molecule has 0 aliphatic rings. The molecule has 0 aromatic heterocycles. The lowest BCUT2D eigenvalue weighted by Crippen LogP contribution is -2.37. The Hall–Kier alpha value is -3.07. The minimum Gasteiger partial charge on any atom is -0.451 e. The number of amides is 2. The Labute approximate surface area is 188 Å². The number of alkyl halides is 3. The number of hydrogen-bond acceptors (Lipinski definition) is 4. The van der Waals surface area contributed by atoms with Gasteiger partial charge in [-0.1, -0.05) is 43.1 Å². The molecule has 0 radical (unpaired) electrons. The minimum atomic E-state index is -4.62. The Kier molecular flexibility index (Phi) is 9.07. The van der Waals surface area contributed by atoms with Gasteiger partial charge in [0.15, 0.2) is 6.10 Å². The van der Waals surface area contributed by atoms with Crippen molar-refractivity contribution in [3.8, 4) is 0 Å². The standard InChI is InChI=1S/C22H22ClF3N2O4/c1-2-3-9-18(32-19(29)13-27-20(30)14-7-5-4-6-8-14)21(31)28-17-12-15(22(24,25)26)10-11-16(17)23/h4-8,10-12,18H,2-3,9,13H2,1H3,(H,27,30)(H,28,31). The van der Waals surface area contributed by atoms with Crippen molar-refractivity contribution in [1.82, 2.24) is 5.32 Å². The molecule has 0 bridgehead atoms. The van der Waals surface area contributed by atoms with Gasteiger partial charge in [0.25, 0.3) is 11.8 Å². The number of benzene rings is 2. The van der Waals surface area contributed by atoms with Gasteiger partial charge < -0.3 is 15.4 Å². The summed E-state index contributed by atoms with van der Waals surface area (Å²) in [6, 6.07) is 10.7. The van der Waals surface area contributed by atoms with E-state index >= 15 is 0 Å².